The highest BCUT2D eigenvalue weighted by Crippen LogP contribution is 2.41. The van der Waals surface area contributed by atoms with Crippen LogP contribution in [0.4, 0.5) is 0 Å². The summed E-state index contributed by atoms with van der Waals surface area (Å²) < 4.78 is 39.3. The molecule has 0 radical (unpaired) electrons. The van der Waals surface area contributed by atoms with Crippen LogP contribution in [0.15, 0.2) is 0 Å². The van der Waals surface area contributed by atoms with Crippen LogP contribution in [0.5, 0.6) is 0 Å². The summed E-state index contributed by atoms with van der Waals surface area (Å²) in [5.41, 5.74) is -2.74. The summed E-state index contributed by atoms with van der Waals surface area (Å²) >= 11 is 0. The highest BCUT2D eigenvalue weighted by Gasteiger charge is 2.44. The summed E-state index contributed by atoms with van der Waals surface area (Å²) in [6, 6.07) is 0. The lowest BCUT2D eigenvalue weighted by Crippen LogP contribution is -2.44. The van der Waals surface area contributed by atoms with Gasteiger partial charge in [-0.05, 0) is 223 Å². The molecule has 0 N–H and O–H groups in total. The topological polar surface area (TPSA) is 184 Å². The molecule has 660 valence electrons. The van der Waals surface area contributed by atoms with Gasteiger partial charge in [0.25, 0.3) is 0 Å². The van der Waals surface area contributed by atoms with E-state index in [1.165, 1.54) is 19.3 Å². The molecular weight excluding hydrogens is 1380 g/mol. The zero-order valence-electron chi connectivity index (χ0n) is 83.1. The van der Waals surface area contributed by atoms with Crippen molar-refractivity contribution in [3.63, 3.8) is 0 Å². The Morgan fingerprint density at radius 2 is 0.473 bits per heavy atom. The predicted molar refractivity (Wildman–Crippen MR) is 469 cm³/mol. The van der Waals surface area contributed by atoms with E-state index in [0.717, 1.165) is 51.4 Å². The van der Waals surface area contributed by atoms with Gasteiger partial charge in [0.15, 0.2) is 0 Å². The van der Waals surface area contributed by atoms with E-state index < -0.39 is 10.8 Å². The van der Waals surface area contributed by atoms with Crippen LogP contribution in [0.3, 0.4) is 0 Å². The third-order valence-electron chi connectivity index (χ3n) is 22.0. The molecule has 0 aromatic rings. The van der Waals surface area contributed by atoms with E-state index in [1.54, 1.807) is 0 Å². The Hall–Kier alpha value is -3.71. The van der Waals surface area contributed by atoms with Crippen molar-refractivity contribution in [2.24, 2.45) is 106 Å². The Bertz CT molecular complexity index is 2400. The van der Waals surface area contributed by atoms with Crippen molar-refractivity contribution >= 4 is 41.8 Å². The highest BCUT2D eigenvalue weighted by atomic mass is 16.6. The minimum atomic E-state index is -0.394. The molecular formula is C96H192O14. The SMILES string of the molecule is CCC(C)(C)C(=O)OC(C(C)(C)C)C(C)(C)C.CCC(C)(C)C(=O)OC(C(C)(C)C)C(C)(C)C.CCC(C)(C)C(=O)OC(C(C)C)C(C)(C)C.CCC(C)(C)C(=O)OC(C(C)C)C(C)C.CCC(C)(C)C(=O)OC(C(C)C)C(C)C.CCC(C)(C)C(=O)OC(C)C(C)(C)C.CCCCC(CC)COC(=O)C(C)(C)CC. The zero-order chi connectivity index (χ0) is 89.9. The van der Waals surface area contributed by atoms with Crippen molar-refractivity contribution in [1.82, 2.24) is 0 Å². The lowest BCUT2D eigenvalue weighted by Gasteiger charge is -2.41. The van der Waals surface area contributed by atoms with Gasteiger partial charge in [-0.3, -0.25) is 33.6 Å². The Morgan fingerprint density at radius 1 is 0.255 bits per heavy atom. The fourth-order valence-corrected chi connectivity index (χ4v) is 10.9. The van der Waals surface area contributed by atoms with E-state index in [0.29, 0.717) is 42.1 Å². The number of hydrogen-bond acceptors (Lipinski definition) is 14. The molecule has 0 amide bonds. The first-order chi connectivity index (χ1) is 48.7. The molecule has 0 aliphatic rings. The van der Waals surface area contributed by atoms with Gasteiger partial charge in [-0.2, -0.15) is 0 Å². The van der Waals surface area contributed by atoms with Crippen LogP contribution in [0.25, 0.3) is 0 Å². The monoisotopic (exact) mass is 1570 g/mol. The molecule has 3 atom stereocenters. The van der Waals surface area contributed by atoms with Crippen LogP contribution < -0.4 is 0 Å². The first-order valence-electron chi connectivity index (χ1n) is 43.1. The average molecular weight is 1570 g/mol. The summed E-state index contributed by atoms with van der Waals surface area (Å²) in [4.78, 5) is 83.7. The number of rotatable bonds is 31. The van der Waals surface area contributed by atoms with Crippen LogP contribution in [-0.4, -0.2) is 85.0 Å². The fourth-order valence-electron chi connectivity index (χ4n) is 10.9. The minimum absolute atomic E-state index is 0.00630. The van der Waals surface area contributed by atoms with Crippen molar-refractivity contribution in [2.45, 2.75) is 467 Å². The second-order valence-electron chi connectivity index (χ2n) is 44.3. The van der Waals surface area contributed by atoms with Crippen LogP contribution in [-0.2, 0) is 66.7 Å². The number of ether oxygens (including phenoxy) is 7. The van der Waals surface area contributed by atoms with Crippen molar-refractivity contribution in [3.05, 3.63) is 0 Å². The second-order valence-corrected chi connectivity index (χ2v) is 44.3. The van der Waals surface area contributed by atoms with Crippen molar-refractivity contribution in [2.75, 3.05) is 6.61 Å². The Balaban J connectivity index is -0.000000225. The van der Waals surface area contributed by atoms with E-state index in [4.69, 9.17) is 33.2 Å². The van der Waals surface area contributed by atoms with Gasteiger partial charge in [0, 0.05) is 0 Å². The van der Waals surface area contributed by atoms with Gasteiger partial charge in [-0.25, -0.2) is 0 Å². The van der Waals surface area contributed by atoms with Gasteiger partial charge < -0.3 is 33.2 Å². The molecule has 110 heavy (non-hydrogen) atoms. The maximum Gasteiger partial charge on any atom is 0.311 e. The first kappa shape index (κ1) is 120. The summed E-state index contributed by atoms with van der Waals surface area (Å²) in [5.74, 6) is 1.84. The maximum atomic E-state index is 12.2. The van der Waals surface area contributed by atoms with Gasteiger partial charge in [0.2, 0.25) is 0 Å². The predicted octanol–water partition coefficient (Wildman–Crippen LogP) is 27.8. The van der Waals surface area contributed by atoms with Crippen molar-refractivity contribution in [3.8, 4) is 0 Å². The molecule has 0 rings (SSSR count). The number of hydrogen-bond donors (Lipinski definition) is 0. The molecule has 0 heterocycles. The second kappa shape index (κ2) is 50.7. The summed E-state index contributed by atoms with van der Waals surface area (Å²) in [6.07, 6.45) is 10.2. The van der Waals surface area contributed by atoms with E-state index in [-0.39, 0.29) is 138 Å². The molecule has 14 nitrogen and oxygen atoms in total. The first-order valence-corrected chi connectivity index (χ1v) is 43.1. The fraction of sp³-hybridized carbons (Fsp3) is 0.927. The van der Waals surface area contributed by atoms with Crippen LogP contribution in [0, 0.1) is 106 Å². The Morgan fingerprint density at radius 3 is 0.655 bits per heavy atom. The maximum absolute atomic E-state index is 12.2. The van der Waals surface area contributed by atoms with E-state index in [1.807, 2.05) is 152 Å². The summed E-state index contributed by atoms with van der Waals surface area (Å²) in [5, 5.41) is 0. The molecule has 0 bridgehead atoms. The molecule has 0 aromatic heterocycles. The van der Waals surface area contributed by atoms with Crippen molar-refractivity contribution < 1.29 is 66.7 Å². The van der Waals surface area contributed by atoms with Gasteiger partial charge in [-0.1, -0.05) is 275 Å². The van der Waals surface area contributed by atoms with E-state index in [2.05, 4.69) is 208 Å². The zero-order valence-corrected chi connectivity index (χ0v) is 83.1. The highest BCUT2D eigenvalue weighted by molar-refractivity contribution is 5.78. The van der Waals surface area contributed by atoms with Gasteiger partial charge in [-0.15, -0.1) is 0 Å². The molecule has 0 saturated heterocycles. The number of unbranched alkanes of at least 4 members (excludes halogenated alkanes) is 1. The Labute approximate surface area is 684 Å². The summed E-state index contributed by atoms with van der Waals surface area (Å²) in [7, 11) is 0. The quantitative estimate of drug-likeness (QED) is 0.0472. The average Bonchev–Trinajstić information content (AvgIpc) is 0.817. The molecule has 0 aliphatic carbocycles. The van der Waals surface area contributed by atoms with E-state index in [9.17, 15) is 33.6 Å². The number of carbonyl (C=O) groups is 7. The normalized spacial score (nSPS) is 13.9. The third kappa shape index (κ3) is 49.3. The van der Waals surface area contributed by atoms with E-state index >= 15 is 0 Å². The van der Waals surface area contributed by atoms with Crippen LogP contribution >= 0.6 is 0 Å². The smallest absolute Gasteiger partial charge is 0.311 e. The molecule has 0 aliphatic heterocycles. The van der Waals surface area contributed by atoms with Crippen molar-refractivity contribution in [1.29, 1.82) is 0 Å². The third-order valence-corrected chi connectivity index (χ3v) is 22.0. The lowest BCUT2D eigenvalue weighted by molar-refractivity contribution is -0.175. The van der Waals surface area contributed by atoms with Gasteiger partial charge in [0.1, 0.15) is 36.6 Å². The number of esters is 7. The molecule has 14 heteroatoms. The Kier molecular flexibility index (Phi) is 55.1. The van der Waals surface area contributed by atoms with Crippen LogP contribution in [0.1, 0.15) is 431 Å². The standard InChI is InChI=1S/2C15H30O2.2C14H28O2.2C13H26O2.C12H24O2/c2*1-10-15(8,9)12(16)17-11(13(2,3)4)14(5,6)7;1-9-14(7,8)12(15)16-11(10(2)3)13(4,5)6;1-6-9-10-12(7-2)11-16-13(15)14(4,5)8-3;2*1-8-13(6,7)12(14)15-11(9(2)3)10(4)5;1-8-12(6,7)10(13)14-9(2)11(3,4)5/h2*11H,10H2,1-9H3;10-11H,9H2,1-8H3;12H,6-11H2,1-5H3;2*9-11H,8H2,1-7H3;9H,8H2,1-7H3. The molecule has 0 aromatic carbocycles. The lowest BCUT2D eigenvalue weighted by atomic mass is 9.74. The number of carbonyl (C=O) groups excluding carboxylic acids is 7. The minimum Gasteiger partial charge on any atom is -0.465 e. The van der Waals surface area contributed by atoms with Gasteiger partial charge >= 0.3 is 41.8 Å². The molecule has 0 fully saturated rings. The summed E-state index contributed by atoms with van der Waals surface area (Å²) in [6.45, 7) is 107. The largest absolute Gasteiger partial charge is 0.465 e. The van der Waals surface area contributed by atoms with Gasteiger partial charge in [0.05, 0.1) is 44.5 Å². The molecule has 3 unspecified atom stereocenters. The van der Waals surface area contributed by atoms with Crippen LogP contribution in [0.2, 0.25) is 0 Å². The molecule has 0 saturated carbocycles. The molecule has 0 spiro atoms.